The number of hydrogen-bond acceptors (Lipinski definition) is 9. The van der Waals surface area contributed by atoms with Gasteiger partial charge < -0.3 is 13.8 Å². The molecule has 3 aromatic rings. The summed E-state index contributed by atoms with van der Waals surface area (Å²) in [5.41, 5.74) is 0.546. The molecule has 0 saturated heterocycles. The number of hydrogen-bond donors (Lipinski definition) is 1. The van der Waals surface area contributed by atoms with Crippen LogP contribution in [-0.2, 0) is 38.8 Å². The van der Waals surface area contributed by atoms with Gasteiger partial charge in [-0.3, -0.25) is 9.36 Å². The Balaban J connectivity index is 2.08. The highest BCUT2D eigenvalue weighted by molar-refractivity contribution is 7.96. The fourth-order valence-corrected chi connectivity index (χ4v) is 9.95. The standard InChI is InChI=1S/C28H30NO9PS2/c1-5-37-39(31,38-6-2)28(29-41(34,35)23-17-13-21(36-4)14-18-23)19-26(27(30)24-9-7-8-10-25(24)28)40(32,33)22-15-11-20(3)12-16-22/h7-19,29H,5-6H2,1-4H3. The average Bonchev–Trinajstić information content (AvgIpc) is 2.95. The third-order valence-corrected chi connectivity index (χ3v) is 12.4. The van der Waals surface area contributed by atoms with E-state index in [-0.39, 0.29) is 34.1 Å². The largest absolute Gasteiger partial charge is 0.497 e. The summed E-state index contributed by atoms with van der Waals surface area (Å²) in [5.74, 6) is -0.493. The molecule has 1 aliphatic rings. The van der Waals surface area contributed by atoms with Crippen molar-refractivity contribution in [2.24, 2.45) is 0 Å². The number of aryl methyl sites for hydroxylation is 1. The summed E-state index contributed by atoms with van der Waals surface area (Å²) in [6.45, 7) is 4.49. The number of methoxy groups -OCH3 is 1. The van der Waals surface area contributed by atoms with Gasteiger partial charge in [0.25, 0.3) is 0 Å². The molecule has 41 heavy (non-hydrogen) atoms. The molecule has 0 saturated carbocycles. The second kappa shape index (κ2) is 11.6. The minimum absolute atomic E-state index is 0.0739. The first-order chi connectivity index (χ1) is 19.3. The van der Waals surface area contributed by atoms with Crippen LogP contribution in [0.1, 0.15) is 35.3 Å². The third-order valence-electron chi connectivity index (χ3n) is 6.46. The van der Waals surface area contributed by atoms with Gasteiger partial charge in [0.15, 0.2) is 5.28 Å². The van der Waals surface area contributed by atoms with Gasteiger partial charge in [-0.05, 0) is 63.2 Å². The number of benzene rings is 3. The number of carbonyl (C=O) groups is 1. The number of Topliss-reactive ketones (excluding diaryl/α,β-unsaturated/α-hetero) is 1. The first-order valence-corrected chi connectivity index (χ1v) is 17.1. The van der Waals surface area contributed by atoms with Crippen LogP contribution in [0.5, 0.6) is 5.75 Å². The average molecular weight is 620 g/mol. The molecular formula is C28H30NO9PS2. The quantitative estimate of drug-likeness (QED) is 0.295. The predicted molar refractivity (Wildman–Crippen MR) is 153 cm³/mol. The summed E-state index contributed by atoms with van der Waals surface area (Å²) < 4.78 is 89.1. The molecule has 1 unspecified atom stereocenters. The van der Waals surface area contributed by atoms with E-state index in [1.165, 1.54) is 81.6 Å². The number of rotatable bonds is 11. The van der Waals surface area contributed by atoms with E-state index < -0.39 is 43.4 Å². The van der Waals surface area contributed by atoms with Crippen molar-refractivity contribution in [2.75, 3.05) is 20.3 Å². The van der Waals surface area contributed by atoms with Gasteiger partial charge in [0, 0.05) is 11.1 Å². The molecule has 13 heteroatoms. The number of nitrogens with one attached hydrogen (secondary N) is 1. The molecule has 0 aromatic heterocycles. The lowest BCUT2D eigenvalue weighted by molar-refractivity contribution is 0.103. The molecule has 4 rings (SSSR count). The van der Waals surface area contributed by atoms with Crippen LogP contribution in [0.3, 0.4) is 0 Å². The molecule has 0 spiro atoms. The van der Waals surface area contributed by atoms with Crippen molar-refractivity contribution in [1.82, 2.24) is 4.72 Å². The van der Waals surface area contributed by atoms with Crippen LogP contribution in [0.15, 0.2) is 93.6 Å². The Labute approximate surface area is 239 Å². The molecule has 1 N–H and O–H groups in total. The lowest BCUT2D eigenvalue weighted by Gasteiger charge is -2.40. The van der Waals surface area contributed by atoms with E-state index in [1.807, 2.05) is 0 Å². The number of ether oxygens (including phenoxy) is 1. The van der Waals surface area contributed by atoms with Crippen molar-refractivity contribution in [2.45, 2.75) is 35.8 Å². The normalized spacial score (nSPS) is 17.6. The van der Waals surface area contributed by atoms with E-state index in [9.17, 15) is 26.2 Å². The highest BCUT2D eigenvalue weighted by Gasteiger charge is 2.58. The van der Waals surface area contributed by atoms with Crippen molar-refractivity contribution in [3.8, 4) is 5.75 Å². The summed E-state index contributed by atoms with van der Waals surface area (Å²) in [6, 6.07) is 16.9. The van der Waals surface area contributed by atoms with Gasteiger partial charge in [0.1, 0.15) is 10.7 Å². The van der Waals surface area contributed by atoms with Crippen LogP contribution < -0.4 is 9.46 Å². The van der Waals surface area contributed by atoms with E-state index in [4.69, 9.17) is 13.8 Å². The van der Waals surface area contributed by atoms with E-state index in [0.717, 1.165) is 11.6 Å². The van der Waals surface area contributed by atoms with Crippen molar-refractivity contribution in [3.05, 3.63) is 100 Å². The Morgan fingerprint density at radius 3 is 1.95 bits per heavy atom. The van der Waals surface area contributed by atoms with Crippen molar-refractivity contribution >= 4 is 33.2 Å². The highest BCUT2D eigenvalue weighted by atomic mass is 32.2. The Morgan fingerprint density at radius 2 is 1.39 bits per heavy atom. The van der Waals surface area contributed by atoms with E-state index in [0.29, 0.717) is 5.75 Å². The maximum atomic E-state index is 14.7. The van der Waals surface area contributed by atoms with Gasteiger partial charge in [-0.15, -0.1) is 0 Å². The summed E-state index contributed by atoms with van der Waals surface area (Å²) in [5, 5.41) is -2.44. The third kappa shape index (κ3) is 5.55. The van der Waals surface area contributed by atoms with Crippen LogP contribution in [0.4, 0.5) is 0 Å². The molecule has 3 aromatic carbocycles. The molecule has 0 heterocycles. The number of sulfone groups is 1. The maximum Gasteiger partial charge on any atom is 0.360 e. The number of allylic oxidation sites excluding steroid dienone is 1. The van der Waals surface area contributed by atoms with E-state index in [2.05, 4.69) is 4.72 Å². The summed E-state index contributed by atoms with van der Waals surface area (Å²) in [6.07, 6.45) is 0.861. The van der Waals surface area contributed by atoms with Gasteiger partial charge in [-0.2, -0.15) is 4.72 Å². The van der Waals surface area contributed by atoms with Gasteiger partial charge in [0.05, 0.1) is 30.1 Å². The van der Waals surface area contributed by atoms with Crippen LogP contribution in [0.25, 0.3) is 0 Å². The maximum absolute atomic E-state index is 14.7. The Bertz CT molecular complexity index is 1740. The van der Waals surface area contributed by atoms with E-state index >= 15 is 0 Å². The molecule has 0 bridgehead atoms. The Hall–Kier alpha value is -3.12. The van der Waals surface area contributed by atoms with E-state index in [1.54, 1.807) is 19.1 Å². The Kier molecular flexibility index (Phi) is 8.75. The zero-order valence-corrected chi connectivity index (χ0v) is 25.4. The Morgan fingerprint density at radius 1 is 0.829 bits per heavy atom. The molecule has 10 nitrogen and oxygen atoms in total. The van der Waals surface area contributed by atoms with Crippen LogP contribution in [0.2, 0.25) is 0 Å². The molecule has 0 radical (unpaired) electrons. The first kappa shape index (κ1) is 30.8. The molecule has 218 valence electrons. The van der Waals surface area contributed by atoms with Gasteiger partial charge in [0.2, 0.25) is 25.6 Å². The van der Waals surface area contributed by atoms with Crippen molar-refractivity contribution in [3.63, 3.8) is 0 Å². The molecule has 0 aliphatic heterocycles. The number of fused-ring (bicyclic) bond motifs is 1. The van der Waals surface area contributed by atoms with Gasteiger partial charge in [-0.1, -0.05) is 42.0 Å². The molecule has 1 atom stereocenters. The number of carbonyl (C=O) groups excluding carboxylic acids is 1. The SMILES string of the molecule is CCOP(=O)(OCC)C1(NS(=O)(=O)c2ccc(OC)cc2)C=C(S(=O)(=O)c2ccc(C)cc2)C(=O)c2ccccc21. The van der Waals surface area contributed by atoms with Crippen LogP contribution >= 0.6 is 7.60 Å². The van der Waals surface area contributed by atoms with Crippen LogP contribution in [0, 0.1) is 6.92 Å². The molecular weight excluding hydrogens is 589 g/mol. The molecule has 0 fully saturated rings. The minimum atomic E-state index is -4.63. The van der Waals surface area contributed by atoms with Crippen molar-refractivity contribution < 1.29 is 40.0 Å². The summed E-state index contributed by atoms with van der Waals surface area (Å²) in [7, 11) is -12.3. The highest BCUT2D eigenvalue weighted by Crippen LogP contribution is 2.66. The number of sulfonamides is 1. The lowest BCUT2D eigenvalue weighted by atomic mass is 9.92. The van der Waals surface area contributed by atoms with Crippen LogP contribution in [-0.4, -0.2) is 42.9 Å². The molecule has 1 aliphatic carbocycles. The second-order valence-corrected chi connectivity index (χ2v) is 14.9. The summed E-state index contributed by atoms with van der Waals surface area (Å²) in [4.78, 5) is 12.5. The zero-order valence-electron chi connectivity index (χ0n) is 22.9. The molecule has 0 amide bonds. The smallest absolute Gasteiger partial charge is 0.360 e. The fourth-order valence-electron chi connectivity index (χ4n) is 4.49. The summed E-state index contributed by atoms with van der Waals surface area (Å²) >= 11 is 0. The fraction of sp³-hybridized carbons (Fsp3) is 0.250. The first-order valence-electron chi connectivity index (χ1n) is 12.6. The predicted octanol–water partition coefficient (Wildman–Crippen LogP) is 4.96. The minimum Gasteiger partial charge on any atom is -0.497 e. The van der Waals surface area contributed by atoms with Gasteiger partial charge in [-0.25, -0.2) is 16.8 Å². The zero-order chi connectivity index (χ0) is 30.1. The number of ketones is 1. The van der Waals surface area contributed by atoms with Gasteiger partial charge >= 0.3 is 7.60 Å². The topological polar surface area (TPSA) is 142 Å². The second-order valence-electron chi connectivity index (χ2n) is 9.08. The van der Waals surface area contributed by atoms with Crippen molar-refractivity contribution in [1.29, 1.82) is 0 Å². The lowest BCUT2D eigenvalue weighted by Crippen LogP contribution is -2.48. The monoisotopic (exact) mass is 619 g/mol.